The van der Waals surface area contributed by atoms with Crippen LogP contribution in [0.15, 0.2) is 36.2 Å². The van der Waals surface area contributed by atoms with Gasteiger partial charge in [-0.15, -0.1) is 11.3 Å². The second-order valence-electron chi connectivity index (χ2n) is 2.96. The fraction of sp³-hybridized carbons (Fsp3) is 0.0909. The van der Waals surface area contributed by atoms with E-state index in [1.165, 1.54) is 23.7 Å². The van der Waals surface area contributed by atoms with E-state index < -0.39 is 0 Å². The molecule has 0 saturated heterocycles. The summed E-state index contributed by atoms with van der Waals surface area (Å²) >= 11 is 1.38. The fourth-order valence-corrected chi connectivity index (χ4v) is 2.09. The highest BCUT2D eigenvalue weighted by Crippen LogP contribution is 2.29. The van der Waals surface area contributed by atoms with E-state index in [0.717, 1.165) is 11.1 Å². The van der Waals surface area contributed by atoms with Crippen LogP contribution in [0.5, 0.6) is 0 Å². The minimum Gasteiger partial charge on any atom is -0.244 e. The molecule has 4 heteroatoms. The lowest BCUT2D eigenvalue weighted by molar-refractivity contribution is 0.762. The van der Waals surface area contributed by atoms with Crippen LogP contribution in [0.25, 0.3) is 17.0 Å². The monoisotopic (exact) mass is 220 g/mol. The first-order valence-corrected chi connectivity index (χ1v) is 5.35. The van der Waals surface area contributed by atoms with Gasteiger partial charge in [-0.1, -0.05) is 6.08 Å². The number of nitrogens with zero attached hydrogens (tertiary/aromatic N) is 2. The van der Waals surface area contributed by atoms with Crippen molar-refractivity contribution in [3.8, 4) is 11.1 Å². The Labute approximate surface area is 91.1 Å². The zero-order valence-corrected chi connectivity index (χ0v) is 8.96. The fourth-order valence-electron chi connectivity index (χ4n) is 1.20. The normalized spacial score (nSPS) is 11.7. The Morgan fingerprint density at radius 1 is 1.33 bits per heavy atom. The molecule has 0 radical (unpaired) electrons. The summed E-state index contributed by atoms with van der Waals surface area (Å²) in [6, 6.07) is 1.80. The molecule has 0 saturated carbocycles. The van der Waals surface area contributed by atoms with Crippen LogP contribution in [0, 0.1) is 0 Å². The number of hydrogen-bond acceptors (Lipinski definition) is 3. The highest BCUT2D eigenvalue weighted by Gasteiger charge is 2.05. The SMILES string of the molecule is C/C=C(/F)c1cc(-c2cncnc2)cs1. The number of halogens is 1. The van der Waals surface area contributed by atoms with Crippen molar-refractivity contribution >= 4 is 17.2 Å². The summed E-state index contributed by atoms with van der Waals surface area (Å²) in [7, 11) is 0. The molecule has 2 aromatic heterocycles. The minimum absolute atomic E-state index is 0.192. The Bertz CT molecular complexity index is 476. The van der Waals surface area contributed by atoms with Gasteiger partial charge in [0.05, 0.1) is 4.88 Å². The molecule has 2 heterocycles. The summed E-state index contributed by atoms with van der Waals surface area (Å²) in [5.74, 6) is -0.192. The lowest BCUT2D eigenvalue weighted by Gasteiger charge is -1.93. The number of aromatic nitrogens is 2. The molecule has 15 heavy (non-hydrogen) atoms. The standard InChI is InChI=1S/C11H9FN2S/c1-2-10(12)11-3-8(6-15-11)9-4-13-7-14-5-9/h2-7H,1H3/b10-2+. The Morgan fingerprint density at radius 2 is 2.07 bits per heavy atom. The van der Waals surface area contributed by atoms with Crippen molar-refractivity contribution in [2.75, 3.05) is 0 Å². The molecule has 0 spiro atoms. The molecular formula is C11H9FN2S. The largest absolute Gasteiger partial charge is 0.244 e. The number of hydrogen-bond donors (Lipinski definition) is 0. The molecule has 0 aliphatic heterocycles. The lowest BCUT2D eigenvalue weighted by Crippen LogP contribution is -1.78. The van der Waals surface area contributed by atoms with E-state index in [0.29, 0.717) is 4.88 Å². The van der Waals surface area contributed by atoms with Crippen LogP contribution in [-0.2, 0) is 0 Å². The summed E-state index contributed by atoms with van der Waals surface area (Å²) in [5, 5.41) is 1.90. The molecule has 0 N–H and O–H groups in total. The molecule has 2 aromatic rings. The smallest absolute Gasteiger partial charge is 0.136 e. The Morgan fingerprint density at radius 3 is 2.73 bits per heavy atom. The molecule has 76 valence electrons. The van der Waals surface area contributed by atoms with Crippen LogP contribution in [0.2, 0.25) is 0 Å². The van der Waals surface area contributed by atoms with Crippen molar-refractivity contribution in [1.82, 2.24) is 9.97 Å². The second kappa shape index (κ2) is 4.31. The first-order chi connectivity index (χ1) is 7.31. The van der Waals surface area contributed by atoms with E-state index in [1.807, 2.05) is 5.38 Å². The molecule has 0 bridgehead atoms. The number of rotatable bonds is 2. The quantitative estimate of drug-likeness (QED) is 0.773. The summed E-state index contributed by atoms with van der Waals surface area (Å²) in [5.41, 5.74) is 1.86. The third-order valence-electron chi connectivity index (χ3n) is 1.98. The van der Waals surface area contributed by atoms with Gasteiger partial charge in [-0.3, -0.25) is 0 Å². The molecule has 0 unspecified atom stereocenters. The molecule has 0 fully saturated rings. The average Bonchev–Trinajstić information content (AvgIpc) is 2.78. The summed E-state index contributed by atoms with van der Waals surface area (Å²) in [4.78, 5) is 8.48. The highest BCUT2D eigenvalue weighted by molar-refractivity contribution is 7.11. The Balaban J connectivity index is 2.36. The van der Waals surface area contributed by atoms with Crippen LogP contribution in [-0.4, -0.2) is 9.97 Å². The van der Waals surface area contributed by atoms with E-state index in [-0.39, 0.29) is 5.83 Å². The van der Waals surface area contributed by atoms with Crippen molar-refractivity contribution in [3.05, 3.63) is 41.1 Å². The van der Waals surface area contributed by atoms with E-state index in [2.05, 4.69) is 9.97 Å². The molecule has 2 rings (SSSR count). The Kier molecular flexibility index (Phi) is 2.87. The number of thiophene rings is 1. The van der Waals surface area contributed by atoms with Crippen molar-refractivity contribution in [2.24, 2.45) is 0 Å². The average molecular weight is 220 g/mol. The maximum Gasteiger partial charge on any atom is 0.136 e. The van der Waals surface area contributed by atoms with Gasteiger partial charge in [-0.25, -0.2) is 14.4 Å². The van der Waals surface area contributed by atoms with Gasteiger partial charge in [0.2, 0.25) is 0 Å². The van der Waals surface area contributed by atoms with Gasteiger partial charge in [0.1, 0.15) is 12.2 Å². The maximum absolute atomic E-state index is 13.2. The van der Waals surface area contributed by atoms with Crippen LogP contribution in [0.3, 0.4) is 0 Å². The van der Waals surface area contributed by atoms with E-state index in [9.17, 15) is 4.39 Å². The molecule has 2 nitrogen and oxygen atoms in total. The minimum atomic E-state index is -0.192. The summed E-state index contributed by atoms with van der Waals surface area (Å²) < 4.78 is 13.2. The molecule has 0 aromatic carbocycles. The first kappa shape index (κ1) is 9.98. The Hall–Kier alpha value is -1.55. The van der Waals surface area contributed by atoms with Gasteiger partial charge in [0.15, 0.2) is 0 Å². The van der Waals surface area contributed by atoms with Crippen molar-refractivity contribution in [1.29, 1.82) is 0 Å². The molecule has 0 aliphatic rings. The van der Waals surface area contributed by atoms with Crippen LogP contribution >= 0.6 is 11.3 Å². The predicted molar refractivity (Wildman–Crippen MR) is 60.1 cm³/mol. The summed E-state index contributed by atoms with van der Waals surface area (Å²) in [6.07, 6.45) is 6.36. The van der Waals surface area contributed by atoms with Gasteiger partial charge < -0.3 is 0 Å². The van der Waals surface area contributed by atoms with Crippen LogP contribution in [0.4, 0.5) is 4.39 Å². The van der Waals surface area contributed by atoms with E-state index in [4.69, 9.17) is 0 Å². The molecule has 0 aliphatic carbocycles. The van der Waals surface area contributed by atoms with Gasteiger partial charge in [0.25, 0.3) is 0 Å². The maximum atomic E-state index is 13.2. The second-order valence-corrected chi connectivity index (χ2v) is 3.87. The van der Waals surface area contributed by atoms with E-state index >= 15 is 0 Å². The predicted octanol–water partition coefficient (Wildman–Crippen LogP) is 3.54. The number of allylic oxidation sites excluding steroid dienone is 1. The zero-order chi connectivity index (χ0) is 10.7. The molecule has 0 atom stereocenters. The first-order valence-electron chi connectivity index (χ1n) is 4.47. The van der Waals surface area contributed by atoms with Gasteiger partial charge in [-0.05, 0) is 23.9 Å². The van der Waals surface area contributed by atoms with Crippen LogP contribution in [0.1, 0.15) is 11.8 Å². The van der Waals surface area contributed by atoms with E-state index in [1.54, 1.807) is 25.4 Å². The van der Waals surface area contributed by atoms with Crippen molar-refractivity contribution in [2.45, 2.75) is 6.92 Å². The third-order valence-corrected chi connectivity index (χ3v) is 2.92. The van der Waals surface area contributed by atoms with Crippen molar-refractivity contribution < 1.29 is 4.39 Å². The zero-order valence-electron chi connectivity index (χ0n) is 8.14. The topological polar surface area (TPSA) is 25.8 Å². The molecular weight excluding hydrogens is 211 g/mol. The van der Waals surface area contributed by atoms with Gasteiger partial charge in [0, 0.05) is 18.0 Å². The third kappa shape index (κ3) is 2.10. The lowest BCUT2D eigenvalue weighted by atomic mass is 10.2. The summed E-state index contributed by atoms with van der Waals surface area (Å²) in [6.45, 7) is 1.68. The van der Waals surface area contributed by atoms with Crippen LogP contribution < -0.4 is 0 Å². The van der Waals surface area contributed by atoms with Gasteiger partial charge >= 0.3 is 0 Å². The van der Waals surface area contributed by atoms with Crippen molar-refractivity contribution in [3.63, 3.8) is 0 Å². The van der Waals surface area contributed by atoms with Gasteiger partial charge in [-0.2, -0.15) is 0 Å². The highest BCUT2D eigenvalue weighted by atomic mass is 32.1. The molecule has 0 amide bonds.